The summed E-state index contributed by atoms with van der Waals surface area (Å²) in [5.74, 6) is 2.88. The molecule has 2 aliphatic heterocycles. The Morgan fingerprint density at radius 3 is 2.90 bits per heavy atom. The van der Waals surface area contributed by atoms with Crippen molar-refractivity contribution in [1.29, 1.82) is 0 Å². The molecule has 0 amide bonds. The molecule has 1 aromatic rings. The van der Waals surface area contributed by atoms with E-state index in [0.29, 0.717) is 12.6 Å². The molecule has 1 aromatic heterocycles. The number of hydrogen-bond donors (Lipinski definition) is 2. The van der Waals surface area contributed by atoms with Crippen LogP contribution in [0.3, 0.4) is 0 Å². The Hall–Kier alpha value is -1.86. The molecule has 0 spiro atoms. The third kappa shape index (κ3) is 6.56. The van der Waals surface area contributed by atoms with Crippen molar-refractivity contribution >= 4 is 11.8 Å². The summed E-state index contributed by atoms with van der Waals surface area (Å²) in [7, 11) is 0. The summed E-state index contributed by atoms with van der Waals surface area (Å²) in [6, 6.07) is 4.73. The van der Waals surface area contributed by atoms with Crippen LogP contribution in [0.1, 0.15) is 51.5 Å². The zero-order valence-corrected chi connectivity index (χ0v) is 19.4. The van der Waals surface area contributed by atoms with Crippen LogP contribution in [0.25, 0.3) is 0 Å². The number of likely N-dealkylation sites (tertiary alicyclic amines) is 1. The van der Waals surface area contributed by atoms with E-state index in [0.717, 1.165) is 50.5 Å². The minimum absolute atomic E-state index is 0.251. The van der Waals surface area contributed by atoms with Gasteiger partial charge in [0.15, 0.2) is 5.96 Å². The summed E-state index contributed by atoms with van der Waals surface area (Å²) in [4.78, 5) is 14.4. The predicted molar refractivity (Wildman–Crippen MR) is 127 cm³/mol. The summed E-state index contributed by atoms with van der Waals surface area (Å²) >= 11 is 0. The second-order valence-electron chi connectivity index (χ2n) is 9.38. The number of morpholine rings is 1. The van der Waals surface area contributed by atoms with Crippen LogP contribution in [0.15, 0.2) is 23.3 Å². The standard InChI is InChI=1S/C24H40N6O/c1-3-25-24(28-22-9-11-29(18-22)17-20-6-4-5-7-20)27-15-21-8-10-26-23(14-21)30-12-13-31-19(2)16-30/h8,10,14,19-20,22H,3-7,9,11-13,15-18H2,1-2H3,(H2,25,27,28). The number of aromatic nitrogens is 1. The number of guanidine groups is 1. The number of hydrogen-bond acceptors (Lipinski definition) is 5. The third-order valence-electron chi connectivity index (χ3n) is 6.74. The molecule has 0 radical (unpaired) electrons. The van der Waals surface area contributed by atoms with Crippen molar-refractivity contribution in [3.8, 4) is 0 Å². The third-order valence-corrected chi connectivity index (χ3v) is 6.74. The van der Waals surface area contributed by atoms with Crippen LogP contribution in [0.2, 0.25) is 0 Å². The lowest BCUT2D eigenvalue weighted by molar-refractivity contribution is 0.0529. The first-order valence-corrected chi connectivity index (χ1v) is 12.3. The monoisotopic (exact) mass is 428 g/mol. The SMILES string of the molecule is CCNC(=NCc1ccnc(N2CCOC(C)C2)c1)NC1CCN(CC2CCCC2)C1. The molecule has 7 heteroatoms. The predicted octanol–water partition coefficient (Wildman–Crippen LogP) is 2.63. The van der Waals surface area contributed by atoms with Gasteiger partial charge >= 0.3 is 0 Å². The van der Waals surface area contributed by atoms with E-state index in [2.05, 4.69) is 51.4 Å². The van der Waals surface area contributed by atoms with E-state index < -0.39 is 0 Å². The molecule has 1 saturated carbocycles. The van der Waals surface area contributed by atoms with Crippen molar-refractivity contribution in [3.05, 3.63) is 23.9 Å². The number of rotatable bonds is 7. The molecule has 2 N–H and O–H groups in total. The minimum Gasteiger partial charge on any atom is -0.375 e. The molecular weight excluding hydrogens is 388 g/mol. The molecule has 0 aromatic carbocycles. The number of aliphatic imine (C=N–C) groups is 1. The van der Waals surface area contributed by atoms with E-state index >= 15 is 0 Å². The number of pyridine rings is 1. The summed E-state index contributed by atoms with van der Waals surface area (Å²) in [5.41, 5.74) is 1.19. The highest BCUT2D eigenvalue weighted by molar-refractivity contribution is 5.80. The van der Waals surface area contributed by atoms with E-state index in [1.54, 1.807) is 0 Å². The molecule has 2 saturated heterocycles. The Morgan fingerprint density at radius 1 is 1.23 bits per heavy atom. The molecule has 1 aliphatic carbocycles. The highest BCUT2D eigenvalue weighted by Gasteiger charge is 2.26. The zero-order valence-electron chi connectivity index (χ0n) is 19.4. The summed E-state index contributed by atoms with van der Waals surface area (Å²) in [6.45, 7) is 11.9. The Bertz CT molecular complexity index is 720. The van der Waals surface area contributed by atoms with E-state index in [9.17, 15) is 0 Å². The van der Waals surface area contributed by atoms with Gasteiger partial charge < -0.3 is 25.2 Å². The quantitative estimate of drug-likeness (QED) is 0.514. The lowest BCUT2D eigenvalue weighted by Crippen LogP contribution is -2.44. The van der Waals surface area contributed by atoms with Gasteiger partial charge in [-0.1, -0.05) is 12.8 Å². The average Bonchev–Trinajstić information content (AvgIpc) is 3.45. The first kappa shape index (κ1) is 22.3. The Labute approximate surface area is 187 Å². The molecule has 0 bridgehead atoms. The maximum atomic E-state index is 5.66. The largest absolute Gasteiger partial charge is 0.375 e. The number of ether oxygens (including phenoxy) is 1. The van der Waals surface area contributed by atoms with Crippen LogP contribution in [0.4, 0.5) is 5.82 Å². The maximum absolute atomic E-state index is 5.66. The van der Waals surface area contributed by atoms with Gasteiger partial charge in [0.25, 0.3) is 0 Å². The average molecular weight is 429 g/mol. The van der Waals surface area contributed by atoms with E-state index in [1.807, 2.05) is 6.20 Å². The summed E-state index contributed by atoms with van der Waals surface area (Å²) < 4.78 is 5.66. The smallest absolute Gasteiger partial charge is 0.191 e. The highest BCUT2D eigenvalue weighted by Crippen LogP contribution is 2.26. The molecule has 7 nitrogen and oxygen atoms in total. The number of nitrogens with one attached hydrogen (secondary N) is 2. The van der Waals surface area contributed by atoms with Crippen molar-refractivity contribution in [3.63, 3.8) is 0 Å². The first-order valence-electron chi connectivity index (χ1n) is 12.3. The van der Waals surface area contributed by atoms with E-state index in [-0.39, 0.29) is 6.10 Å². The van der Waals surface area contributed by atoms with Crippen LogP contribution in [0, 0.1) is 5.92 Å². The minimum atomic E-state index is 0.251. The number of nitrogens with zero attached hydrogens (tertiary/aromatic N) is 4. The van der Waals surface area contributed by atoms with Gasteiger partial charge in [-0.15, -0.1) is 0 Å². The van der Waals surface area contributed by atoms with Gasteiger partial charge in [0.2, 0.25) is 0 Å². The Kier molecular flexibility index (Phi) is 8.03. The number of anilines is 1. The second-order valence-corrected chi connectivity index (χ2v) is 9.38. The topological polar surface area (TPSA) is 65.0 Å². The van der Waals surface area contributed by atoms with E-state index in [4.69, 9.17) is 9.73 Å². The van der Waals surface area contributed by atoms with Crippen molar-refractivity contribution in [2.45, 2.75) is 64.6 Å². The van der Waals surface area contributed by atoms with Crippen LogP contribution in [0.5, 0.6) is 0 Å². The molecule has 2 unspecified atom stereocenters. The van der Waals surface area contributed by atoms with Crippen molar-refractivity contribution in [2.24, 2.45) is 10.9 Å². The van der Waals surface area contributed by atoms with Crippen LogP contribution in [-0.2, 0) is 11.3 Å². The van der Waals surface area contributed by atoms with Crippen LogP contribution >= 0.6 is 0 Å². The van der Waals surface area contributed by atoms with Gasteiger partial charge in [0.1, 0.15) is 5.82 Å². The normalized spacial score (nSPS) is 25.9. The fraction of sp³-hybridized carbons (Fsp3) is 0.750. The lowest BCUT2D eigenvalue weighted by Gasteiger charge is -2.32. The molecule has 2 atom stereocenters. The molecule has 3 heterocycles. The molecular formula is C24H40N6O. The van der Waals surface area contributed by atoms with Gasteiger partial charge in [0.05, 0.1) is 19.3 Å². The molecule has 3 fully saturated rings. The fourth-order valence-corrected chi connectivity index (χ4v) is 5.12. The highest BCUT2D eigenvalue weighted by atomic mass is 16.5. The van der Waals surface area contributed by atoms with Crippen molar-refractivity contribution in [1.82, 2.24) is 20.5 Å². The van der Waals surface area contributed by atoms with Gasteiger partial charge in [0, 0.05) is 51.5 Å². The van der Waals surface area contributed by atoms with Gasteiger partial charge in [-0.3, -0.25) is 0 Å². The second kappa shape index (κ2) is 11.1. The Balaban J connectivity index is 1.31. The summed E-state index contributed by atoms with van der Waals surface area (Å²) in [5, 5.41) is 7.11. The van der Waals surface area contributed by atoms with Gasteiger partial charge in [-0.25, -0.2) is 9.98 Å². The molecule has 172 valence electrons. The fourth-order valence-electron chi connectivity index (χ4n) is 5.12. The van der Waals surface area contributed by atoms with Gasteiger partial charge in [-0.05, 0) is 56.7 Å². The van der Waals surface area contributed by atoms with Crippen LogP contribution < -0.4 is 15.5 Å². The molecule has 4 rings (SSSR count). The lowest BCUT2D eigenvalue weighted by atomic mass is 10.1. The Morgan fingerprint density at radius 2 is 2.10 bits per heavy atom. The maximum Gasteiger partial charge on any atom is 0.191 e. The van der Waals surface area contributed by atoms with Crippen molar-refractivity contribution in [2.75, 3.05) is 50.8 Å². The van der Waals surface area contributed by atoms with Gasteiger partial charge in [-0.2, -0.15) is 0 Å². The summed E-state index contributed by atoms with van der Waals surface area (Å²) in [6.07, 6.45) is 9.06. The molecule has 3 aliphatic rings. The van der Waals surface area contributed by atoms with Crippen molar-refractivity contribution < 1.29 is 4.74 Å². The first-order chi connectivity index (χ1) is 15.2. The van der Waals surface area contributed by atoms with E-state index in [1.165, 1.54) is 50.8 Å². The molecule has 31 heavy (non-hydrogen) atoms. The van der Waals surface area contributed by atoms with Crippen LogP contribution in [-0.4, -0.2) is 73.9 Å². The zero-order chi connectivity index (χ0) is 21.5.